The van der Waals surface area contributed by atoms with Gasteiger partial charge in [0, 0.05) is 37.0 Å². The van der Waals surface area contributed by atoms with Gasteiger partial charge in [-0.15, -0.1) is 11.3 Å². The monoisotopic (exact) mass is 385 g/mol. The number of nitrogens with two attached hydrogens (primary N) is 1. The standard InChI is InChI=1S/C20H27N5OS/c21-18-12-25(11-17(18)15-6-2-1-3-7-15)13-19(26)23-20-22-16(14-27-20)10-24-8-4-5-9-24/h1-3,6-7,14,17-18H,4-5,8-13,21H2,(H,22,23,26)/t17-,18+/m0/s1. The predicted octanol–water partition coefficient (Wildman–Crippen LogP) is 2.10. The highest BCUT2D eigenvalue weighted by Gasteiger charge is 2.32. The Kier molecular flexibility index (Phi) is 5.83. The summed E-state index contributed by atoms with van der Waals surface area (Å²) in [5, 5.41) is 5.69. The fourth-order valence-corrected chi connectivity index (χ4v) is 4.78. The molecule has 2 saturated heterocycles. The predicted molar refractivity (Wildman–Crippen MR) is 109 cm³/mol. The molecule has 1 amide bonds. The molecule has 6 nitrogen and oxygen atoms in total. The van der Waals surface area contributed by atoms with Crippen LogP contribution in [0.1, 0.15) is 30.0 Å². The molecule has 0 unspecified atom stereocenters. The Balaban J connectivity index is 1.28. The molecule has 2 aliphatic heterocycles. The molecule has 2 aliphatic rings. The zero-order valence-electron chi connectivity index (χ0n) is 15.5. The van der Waals surface area contributed by atoms with Gasteiger partial charge in [-0.25, -0.2) is 4.98 Å². The fraction of sp³-hybridized carbons (Fsp3) is 0.500. The first kappa shape index (κ1) is 18.6. The Labute approximate surface area is 164 Å². The number of likely N-dealkylation sites (tertiary alicyclic amines) is 2. The molecule has 2 atom stereocenters. The van der Waals surface area contributed by atoms with Crippen LogP contribution < -0.4 is 11.1 Å². The van der Waals surface area contributed by atoms with Crippen molar-refractivity contribution in [2.75, 3.05) is 38.0 Å². The summed E-state index contributed by atoms with van der Waals surface area (Å²) in [6.45, 7) is 5.10. The molecule has 2 aromatic rings. The molecule has 0 radical (unpaired) electrons. The topological polar surface area (TPSA) is 74.5 Å². The van der Waals surface area contributed by atoms with Crippen LogP contribution in [0.2, 0.25) is 0 Å². The van der Waals surface area contributed by atoms with Crippen LogP contribution in [0.25, 0.3) is 0 Å². The summed E-state index contributed by atoms with van der Waals surface area (Å²) in [5.41, 5.74) is 8.62. The van der Waals surface area contributed by atoms with Gasteiger partial charge in [-0.3, -0.25) is 14.6 Å². The number of rotatable bonds is 6. The first-order valence-corrected chi connectivity index (χ1v) is 10.5. The second-order valence-electron chi connectivity index (χ2n) is 7.55. The summed E-state index contributed by atoms with van der Waals surface area (Å²) in [7, 11) is 0. The van der Waals surface area contributed by atoms with Crippen molar-refractivity contribution in [3.05, 3.63) is 47.0 Å². The molecule has 0 spiro atoms. The van der Waals surface area contributed by atoms with Gasteiger partial charge < -0.3 is 11.1 Å². The number of benzene rings is 1. The molecule has 4 rings (SSSR count). The van der Waals surface area contributed by atoms with Crippen LogP contribution in [0.15, 0.2) is 35.7 Å². The van der Waals surface area contributed by atoms with Gasteiger partial charge in [-0.1, -0.05) is 30.3 Å². The van der Waals surface area contributed by atoms with Crippen LogP contribution in [0.4, 0.5) is 5.13 Å². The van der Waals surface area contributed by atoms with Gasteiger partial charge in [0.15, 0.2) is 5.13 Å². The first-order valence-electron chi connectivity index (χ1n) is 9.67. The normalized spacial score (nSPS) is 23.7. The van der Waals surface area contributed by atoms with E-state index in [0.717, 1.165) is 38.4 Å². The van der Waals surface area contributed by atoms with Gasteiger partial charge in [0.05, 0.1) is 12.2 Å². The number of carbonyl (C=O) groups is 1. The molecule has 2 fully saturated rings. The van der Waals surface area contributed by atoms with E-state index in [1.54, 1.807) is 0 Å². The van der Waals surface area contributed by atoms with Crippen LogP contribution >= 0.6 is 11.3 Å². The third-order valence-corrected chi connectivity index (χ3v) is 6.22. The highest BCUT2D eigenvalue weighted by molar-refractivity contribution is 7.13. The van der Waals surface area contributed by atoms with E-state index in [-0.39, 0.29) is 17.9 Å². The minimum Gasteiger partial charge on any atom is -0.326 e. The lowest BCUT2D eigenvalue weighted by Crippen LogP contribution is -2.33. The minimum atomic E-state index is -0.0158. The second kappa shape index (κ2) is 8.48. The third kappa shape index (κ3) is 4.73. The van der Waals surface area contributed by atoms with Gasteiger partial charge in [0.25, 0.3) is 0 Å². The lowest BCUT2D eigenvalue weighted by Gasteiger charge is -2.15. The summed E-state index contributed by atoms with van der Waals surface area (Å²) >= 11 is 1.50. The van der Waals surface area contributed by atoms with Crippen molar-refractivity contribution in [1.29, 1.82) is 0 Å². The molecule has 1 aromatic heterocycles. The SMILES string of the molecule is N[C@@H]1CN(CC(=O)Nc2nc(CN3CCCC3)cs2)C[C@H]1c1ccccc1. The quantitative estimate of drug-likeness (QED) is 0.797. The van der Waals surface area contributed by atoms with E-state index in [4.69, 9.17) is 5.73 Å². The number of carbonyl (C=O) groups excluding carboxylic acids is 1. The maximum Gasteiger partial charge on any atom is 0.240 e. The molecule has 27 heavy (non-hydrogen) atoms. The number of aromatic nitrogens is 1. The average molecular weight is 386 g/mol. The van der Waals surface area contributed by atoms with Crippen LogP contribution in [0.5, 0.6) is 0 Å². The zero-order chi connectivity index (χ0) is 18.6. The number of anilines is 1. The van der Waals surface area contributed by atoms with Crippen LogP contribution in [-0.2, 0) is 11.3 Å². The number of nitrogens with one attached hydrogen (secondary N) is 1. The molecule has 0 bridgehead atoms. The molecular formula is C20H27N5OS. The van der Waals surface area contributed by atoms with Crippen molar-refractivity contribution in [1.82, 2.24) is 14.8 Å². The van der Waals surface area contributed by atoms with E-state index in [9.17, 15) is 4.79 Å². The number of nitrogens with zero attached hydrogens (tertiary/aromatic N) is 3. The van der Waals surface area contributed by atoms with Crippen molar-refractivity contribution in [2.24, 2.45) is 5.73 Å². The number of thiazole rings is 1. The zero-order valence-corrected chi connectivity index (χ0v) is 16.3. The van der Waals surface area contributed by atoms with E-state index >= 15 is 0 Å². The van der Waals surface area contributed by atoms with E-state index < -0.39 is 0 Å². The Morgan fingerprint density at radius 2 is 1.96 bits per heavy atom. The molecule has 3 N–H and O–H groups in total. The highest BCUT2D eigenvalue weighted by Crippen LogP contribution is 2.26. The van der Waals surface area contributed by atoms with Gasteiger partial charge in [-0.2, -0.15) is 0 Å². The largest absolute Gasteiger partial charge is 0.326 e. The smallest absolute Gasteiger partial charge is 0.240 e. The fourth-order valence-electron chi connectivity index (χ4n) is 4.06. The summed E-state index contributed by atoms with van der Waals surface area (Å²) in [6.07, 6.45) is 2.55. The van der Waals surface area contributed by atoms with Gasteiger partial charge in [0.2, 0.25) is 5.91 Å². The van der Waals surface area contributed by atoms with E-state index in [1.165, 1.54) is 29.7 Å². The number of hydrogen-bond acceptors (Lipinski definition) is 6. The molecule has 1 aromatic carbocycles. The van der Waals surface area contributed by atoms with Crippen molar-refractivity contribution in [3.63, 3.8) is 0 Å². The number of amides is 1. The van der Waals surface area contributed by atoms with Crippen LogP contribution in [-0.4, -0.2) is 59.5 Å². The minimum absolute atomic E-state index is 0.0158. The molecule has 0 saturated carbocycles. The lowest BCUT2D eigenvalue weighted by atomic mass is 9.95. The van der Waals surface area contributed by atoms with E-state index in [0.29, 0.717) is 11.7 Å². The van der Waals surface area contributed by atoms with Gasteiger partial charge in [-0.05, 0) is 31.5 Å². The third-order valence-electron chi connectivity index (χ3n) is 5.42. The summed E-state index contributed by atoms with van der Waals surface area (Å²) in [5.74, 6) is 0.268. The van der Waals surface area contributed by atoms with Gasteiger partial charge in [0.1, 0.15) is 0 Å². The number of hydrogen-bond donors (Lipinski definition) is 2. The molecule has 3 heterocycles. The summed E-state index contributed by atoms with van der Waals surface area (Å²) in [4.78, 5) is 21.6. The van der Waals surface area contributed by atoms with E-state index in [2.05, 4.69) is 32.2 Å². The van der Waals surface area contributed by atoms with Crippen LogP contribution in [0, 0.1) is 0 Å². The Bertz CT molecular complexity index is 759. The average Bonchev–Trinajstić information content (AvgIpc) is 3.39. The summed E-state index contributed by atoms with van der Waals surface area (Å²) < 4.78 is 0. The van der Waals surface area contributed by atoms with Crippen LogP contribution in [0.3, 0.4) is 0 Å². The van der Waals surface area contributed by atoms with Crippen molar-refractivity contribution in [3.8, 4) is 0 Å². The first-order chi connectivity index (χ1) is 13.2. The second-order valence-corrected chi connectivity index (χ2v) is 8.41. The maximum absolute atomic E-state index is 12.4. The molecule has 7 heteroatoms. The van der Waals surface area contributed by atoms with E-state index in [1.807, 2.05) is 23.6 Å². The Hall–Kier alpha value is -1.80. The van der Waals surface area contributed by atoms with Crippen molar-refractivity contribution >= 4 is 22.4 Å². The highest BCUT2D eigenvalue weighted by atomic mass is 32.1. The lowest BCUT2D eigenvalue weighted by molar-refractivity contribution is -0.117. The Morgan fingerprint density at radius 1 is 1.19 bits per heavy atom. The molecular weight excluding hydrogens is 358 g/mol. The van der Waals surface area contributed by atoms with Gasteiger partial charge >= 0.3 is 0 Å². The summed E-state index contributed by atoms with van der Waals surface area (Å²) in [6, 6.07) is 10.4. The maximum atomic E-state index is 12.4. The van der Waals surface area contributed by atoms with Crippen molar-refractivity contribution in [2.45, 2.75) is 31.3 Å². The molecule has 0 aliphatic carbocycles. The van der Waals surface area contributed by atoms with Crippen molar-refractivity contribution < 1.29 is 4.79 Å². The molecule has 144 valence electrons. The Morgan fingerprint density at radius 3 is 2.74 bits per heavy atom.